The van der Waals surface area contributed by atoms with E-state index >= 15 is 0 Å². The topological polar surface area (TPSA) is 53.0 Å². The molecule has 5 nitrogen and oxygen atoms in total. The molecule has 144 valence electrons. The summed E-state index contributed by atoms with van der Waals surface area (Å²) < 4.78 is 5.68. The van der Waals surface area contributed by atoms with Crippen LogP contribution in [0.1, 0.15) is 26.3 Å². The minimum atomic E-state index is 0.0141. The molecule has 1 amide bonds. The Morgan fingerprint density at radius 3 is 2.11 bits per heavy atom. The van der Waals surface area contributed by atoms with E-state index in [4.69, 9.17) is 4.74 Å². The van der Waals surface area contributed by atoms with Crippen LogP contribution >= 0.6 is 0 Å². The summed E-state index contributed by atoms with van der Waals surface area (Å²) in [6.07, 6.45) is 0. The smallest absolute Gasteiger partial charge is 0.260 e. The van der Waals surface area contributed by atoms with Gasteiger partial charge >= 0.3 is 0 Å². The van der Waals surface area contributed by atoms with Crippen molar-refractivity contribution < 1.29 is 14.6 Å². The van der Waals surface area contributed by atoms with Crippen molar-refractivity contribution in [2.24, 2.45) is 0 Å². The first-order valence-electron chi connectivity index (χ1n) is 9.38. The lowest BCUT2D eigenvalue weighted by Crippen LogP contribution is -2.50. The zero-order valence-electron chi connectivity index (χ0n) is 16.3. The van der Waals surface area contributed by atoms with Crippen LogP contribution in [0.15, 0.2) is 48.5 Å². The third kappa shape index (κ3) is 4.94. The number of aromatic hydroxyl groups is 1. The molecule has 1 saturated heterocycles. The van der Waals surface area contributed by atoms with Crippen molar-refractivity contribution in [1.29, 1.82) is 0 Å². The number of benzene rings is 2. The Kier molecular flexibility index (Phi) is 5.59. The van der Waals surface area contributed by atoms with E-state index in [0.29, 0.717) is 13.1 Å². The van der Waals surface area contributed by atoms with Crippen LogP contribution in [0.2, 0.25) is 0 Å². The van der Waals surface area contributed by atoms with Crippen LogP contribution in [-0.4, -0.2) is 48.7 Å². The molecule has 1 fully saturated rings. The Hall–Kier alpha value is -2.69. The second kappa shape index (κ2) is 7.91. The van der Waals surface area contributed by atoms with E-state index < -0.39 is 0 Å². The van der Waals surface area contributed by atoms with Gasteiger partial charge < -0.3 is 19.6 Å². The average Bonchev–Trinajstić information content (AvgIpc) is 2.66. The lowest BCUT2D eigenvalue weighted by molar-refractivity contribution is -0.133. The number of carbonyl (C=O) groups is 1. The Balaban J connectivity index is 1.47. The molecule has 2 aromatic carbocycles. The molecule has 1 aliphatic heterocycles. The normalized spacial score (nSPS) is 14.9. The summed E-state index contributed by atoms with van der Waals surface area (Å²) in [5, 5.41) is 9.39. The van der Waals surface area contributed by atoms with Crippen molar-refractivity contribution in [2.45, 2.75) is 26.2 Å². The van der Waals surface area contributed by atoms with Gasteiger partial charge in [0, 0.05) is 31.9 Å². The molecule has 0 aromatic heterocycles. The average molecular weight is 368 g/mol. The van der Waals surface area contributed by atoms with Crippen molar-refractivity contribution in [2.75, 3.05) is 37.7 Å². The number of amides is 1. The molecule has 0 bridgehead atoms. The molecule has 0 radical (unpaired) electrons. The van der Waals surface area contributed by atoms with Gasteiger partial charge in [-0.3, -0.25) is 4.79 Å². The highest BCUT2D eigenvalue weighted by molar-refractivity contribution is 5.78. The first-order chi connectivity index (χ1) is 12.8. The molecule has 5 heteroatoms. The minimum absolute atomic E-state index is 0.0141. The predicted octanol–water partition coefficient (Wildman–Crippen LogP) is 3.42. The van der Waals surface area contributed by atoms with Crippen LogP contribution in [-0.2, 0) is 10.2 Å². The maximum atomic E-state index is 12.4. The highest BCUT2D eigenvalue weighted by atomic mass is 16.5. The van der Waals surface area contributed by atoms with Crippen molar-refractivity contribution in [3.8, 4) is 11.5 Å². The van der Waals surface area contributed by atoms with Crippen molar-refractivity contribution in [3.63, 3.8) is 0 Å². The van der Waals surface area contributed by atoms with Gasteiger partial charge in [-0.2, -0.15) is 0 Å². The number of hydrogen-bond acceptors (Lipinski definition) is 4. The fourth-order valence-corrected chi connectivity index (χ4v) is 3.17. The second-order valence-corrected chi connectivity index (χ2v) is 7.95. The molecule has 1 heterocycles. The zero-order valence-corrected chi connectivity index (χ0v) is 16.3. The van der Waals surface area contributed by atoms with Crippen LogP contribution in [0.4, 0.5) is 5.69 Å². The van der Waals surface area contributed by atoms with Gasteiger partial charge in [-0.25, -0.2) is 0 Å². The molecule has 0 saturated carbocycles. The van der Waals surface area contributed by atoms with Gasteiger partial charge in [-0.1, -0.05) is 32.9 Å². The van der Waals surface area contributed by atoms with E-state index in [9.17, 15) is 9.90 Å². The highest BCUT2D eigenvalue weighted by Gasteiger charge is 2.21. The number of rotatable bonds is 4. The number of phenols is 1. The monoisotopic (exact) mass is 368 g/mol. The fraction of sp³-hybridized carbons (Fsp3) is 0.409. The van der Waals surface area contributed by atoms with Gasteiger partial charge in [0.1, 0.15) is 11.5 Å². The standard InChI is InChI=1S/C22H28N2O3/c1-22(2,3)17-4-10-20(11-5-17)27-16-21(26)24-14-12-23(13-15-24)18-6-8-19(25)9-7-18/h4-11,25H,12-16H2,1-3H3. The van der Waals surface area contributed by atoms with Crippen LogP contribution < -0.4 is 9.64 Å². The summed E-state index contributed by atoms with van der Waals surface area (Å²) in [6.45, 7) is 9.47. The lowest BCUT2D eigenvalue weighted by atomic mass is 9.87. The zero-order chi connectivity index (χ0) is 19.4. The number of hydrogen-bond donors (Lipinski definition) is 1. The number of phenolic OH excluding ortho intramolecular Hbond substituents is 1. The molecule has 2 aromatic rings. The summed E-state index contributed by atoms with van der Waals surface area (Å²) in [5.41, 5.74) is 2.41. The van der Waals surface area contributed by atoms with Crippen molar-refractivity contribution in [1.82, 2.24) is 4.90 Å². The maximum absolute atomic E-state index is 12.4. The van der Waals surface area contributed by atoms with Gasteiger partial charge in [0.05, 0.1) is 0 Å². The van der Waals surface area contributed by atoms with Gasteiger partial charge in [-0.15, -0.1) is 0 Å². The maximum Gasteiger partial charge on any atom is 0.260 e. The first kappa shape index (κ1) is 19.1. The highest BCUT2D eigenvalue weighted by Crippen LogP contribution is 2.24. The quantitative estimate of drug-likeness (QED) is 0.898. The summed E-state index contributed by atoms with van der Waals surface area (Å²) in [5.74, 6) is 1.000. The second-order valence-electron chi connectivity index (χ2n) is 7.95. The Morgan fingerprint density at radius 2 is 1.56 bits per heavy atom. The number of ether oxygens (including phenoxy) is 1. The first-order valence-corrected chi connectivity index (χ1v) is 9.38. The van der Waals surface area contributed by atoms with Gasteiger partial charge in [0.2, 0.25) is 0 Å². The third-order valence-electron chi connectivity index (χ3n) is 4.93. The number of anilines is 1. The summed E-state index contributed by atoms with van der Waals surface area (Å²) in [6, 6.07) is 15.1. The van der Waals surface area contributed by atoms with E-state index in [1.54, 1.807) is 12.1 Å². The van der Waals surface area contributed by atoms with E-state index in [0.717, 1.165) is 24.5 Å². The van der Waals surface area contributed by atoms with Crippen LogP contribution in [0, 0.1) is 0 Å². The Labute approximate surface area is 161 Å². The number of carbonyl (C=O) groups excluding carboxylic acids is 1. The SMILES string of the molecule is CC(C)(C)c1ccc(OCC(=O)N2CCN(c3ccc(O)cc3)CC2)cc1. The molecule has 27 heavy (non-hydrogen) atoms. The predicted molar refractivity (Wildman–Crippen MR) is 108 cm³/mol. The fourth-order valence-electron chi connectivity index (χ4n) is 3.17. The molecule has 3 rings (SSSR count). The van der Waals surface area contributed by atoms with Crippen molar-refractivity contribution >= 4 is 11.6 Å². The third-order valence-corrected chi connectivity index (χ3v) is 4.93. The molecular weight excluding hydrogens is 340 g/mol. The van der Waals surface area contributed by atoms with E-state index in [2.05, 4.69) is 37.8 Å². The molecule has 1 aliphatic rings. The molecule has 1 N–H and O–H groups in total. The number of piperazine rings is 1. The van der Waals surface area contributed by atoms with Gasteiger partial charge in [-0.05, 0) is 47.4 Å². The van der Waals surface area contributed by atoms with E-state index in [1.165, 1.54) is 5.56 Å². The van der Waals surface area contributed by atoms with Crippen LogP contribution in [0.25, 0.3) is 0 Å². The number of nitrogens with zero attached hydrogens (tertiary/aromatic N) is 2. The summed E-state index contributed by atoms with van der Waals surface area (Å²) in [7, 11) is 0. The van der Waals surface area contributed by atoms with Gasteiger partial charge in [0.25, 0.3) is 5.91 Å². The molecule has 0 aliphatic carbocycles. The summed E-state index contributed by atoms with van der Waals surface area (Å²) in [4.78, 5) is 16.5. The van der Waals surface area contributed by atoms with Crippen molar-refractivity contribution in [3.05, 3.63) is 54.1 Å². The summed E-state index contributed by atoms with van der Waals surface area (Å²) >= 11 is 0. The van der Waals surface area contributed by atoms with E-state index in [1.807, 2.05) is 29.2 Å². The largest absolute Gasteiger partial charge is 0.508 e. The Morgan fingerprint density at radius 1 is 0.963 bits per heavy atom. The minimum Gasteiger partial charge on any atom is -0.508 e. The molecule has 0 unspecified atom stereocenters. The van der Waals surface area contributed by atoms with Gasteiger partial charge in [0.15, 0.2) is 6.61 Å². The van der Waals surface area contributed by atoms with E-state index in [-0.39, 0.29) is 23.7 Å². The molecular formula is C22H28N2O3. The van der Waals surface area contributed by atoms with Crippen LogP contribution in [0.3, 0.4) is 0 Å². The van der Waals surface area contributed by atoms with Crippen LogP contribution in [0.5, 0.6) is 11.5 Å². The molecule has 0 atom stereocenters. The Bertz CT molecular complexity index is 756. The molecule has 0 spiro atoms. The lowest BCUT2D eigenvalue weighted by Gasteiger charge is -2.36.